The van der Waals surface area contributed by atoms with Crippen LogP contribution in [0, 0.1) is 5.92 Å². The van der Waals surface area contributed by atoms with Gasteiger partial charge in [0.25, 0.3) is 0 Å². The van der Waals surface area contributed by atoms with E-state index in [2.05, 4.69) is 21.2 Å². The molecule has 1 saturated carbocycles. The molecule has 1 aromatic carbocycles. The van der Waals surface area contributed by atoms with Crippen molar-refractivity contribution in [3.63, 3.8) is 0 Å². The molecule has 0 radical (unpaired) electrons. The van der Waals surface area contributed by atoms with E-state index in [1.54, 1.807) is 0 Å². The van der Waals surface area contributed by atoms with Gasteiger partial charge < -0.3 is 15.5 Å². The third-order valence-electron chi connectivity index (χ3n) is 3.24. The molecule has 1 atom stereocenters. The van der Waals surface area contributed by atoms with Crippen LogP contribution < -0.4 is 5.32 Å². The lowest BCUT2D eigenvalue weighted by Gasteiger charge is -2.31. The summed E-state index contributed by atoms with van der Waals surface area (Å²) in [6.07, 6.45) is 1.22. The highest BCUT2D eigenvalue weighted by molar-refractivity contribution is 9.10. The molecule has 0 aliphatic heterocycles. The predicted molar refractivity (Wildman–Crippen MR) is 70.7 cm³/mol. The summed E-state index contributed by atoms with van der Waals surface area (Å²) in [6.45, 7) is 1.44. The molecule has 1 aromatic rings. The Hall–Kier alpha value is -0.420. The molecular formula is C13H18BrNO2. The molecule has 3 N–H and O–H groups in total. The first-order valence-electron chi connectivity index (χ1n) is 5.97. The number of halogens is 1. The number of rotatable bonds is 5. The summed E-state index contributed by atoms with van der Waals surface area (Å²) in [7, 11) is 0. The van der Waals surface area contributed by atoms with Crippen molar-refractivity contribution in [1.82, 2.24) is 5.32 Å². The average Bonchev–Trinajstić information content (AvgIpc) is 2.27. The molecule has 0 amide bonds. The smallest absolute Gasteiger partial charge is 0.0914 e. The van der Waals surface area contributed by atoms with Gasteiger partial charge in [-0.15, -0.1) is 0 Å². The Morgan fingerprint density at radius 3 is 2.53 bits per heavy atom. The summed E-state index contributed by atoms with van der Waals surface area (Å²) in [5.41, 5.74) is 0.925. The van der Waals surface area contributed by atoms with Crippen molar-refractivity contribution < 1.29 is 10.2 Å². The summed E-state index contributed by atoms with van der Waals surface area (Å²) in [5.74, 6) is 0.571. The Balaban J connectivity index is 1.70. The number of nitrogens with one attached hydrogen (secondary N) is 1. The average molecular weight is 300 g/mol. The number of aliphatic hydroxyl groups excluding tert-OH is 2. The van der Waals surface area contributed by atoms with Gasteiger partial charge in [0.1, 0.15) is 0 Å². The minimum Gasteiger partial charge on any atom is -0.393 e. The number of benzene rings is 1. The van der Waals surface area contributed by atoms with E-state index in [9.17, 15) is 5.11 Å². The van der Waals surface area contributed by atoms with Gasteiger partial charge in [0, 0.05) is 11.0 Å². The fourth-order valence-corrected chi connectivity index (χ4v) is 2.36. The van der Waals surface area contributed by atoms with Crippen molar-refractivity contribution in [2.45, 2.75) is 25.0 Å². The van der Waals surface area contributed by atoms with Crippen molar-refractivity contribution in [2.75, 3.05) is 13.1 Å². The minimum absolute atomic E-state index is 0.0989. The summed E-state index contributed by atoms with van der Waals surface area (Å²) in [5, 5.41) is 22.3. The predicted octanol–water partition coefficient (Wildman–Crippen LogP) is 1.84. The highest BCUT2D eigenvalue weighted by Gasteiger charge is 2.26. The third kappa shape index (κ3) is 3.78. The van der Waals surface area contributed by atoms with Crippen LogP contribution in [0.1, 0.15) is 24.5 Å². The van der Waals surface area contributed by atoms with Gasteiger partial charge in [-0.2, -0.15) is 0 Å². The second kappa shape index (κ2) is 5.96. The molecule has 1 aliphatic rings. The molecule has 3 nitrogen and oxygen atoms in total. The molecule has 4 heteroatoms. The van der Waals surface area contributed by atoms with Crippen LogP contribution in [-0.2, 0) is 0 Å². The second-order valence-corrected chi connectivity index (χ2v) is 5.63. The van der Waals surface area contributed by atoms with Crippen LogP contribution in [0.15, 0.2) is 28.7 Å². The zero-order chi connectivity index (χ0) is 12.3. The van der Waals surface area contributed by atoms with E-state index in [1.807, 2.05) is 24.3 Å². The van der Waals surface area contributed by atoms with Crippen LogP contribution in [0.25, 0.3) is 0 Å². The molecule has 2 rings (SSSR count). The maximum Gasteiger partial charge on any atom is 0.0914 e. The quantitative estimate of drug-likeness (QED) is 0.778. The highest BCUT2D eigenvalue weighted by Crippen LogP contribution is 2.26. The van der Waals surface area contributed by atoms with Gasteiger partial charge in [-0.05, 0) is 43.0 Å². The number of hydrogen-bond donors (Lipinski definition) is 3. The van der Waals surface area contributed by atoms with Crippen LogP contribution >= 0.6 is 15.9 Å². The Kier molecular flexibility index (Phi) is 4.56. The summed E-state index contributed by atoms with van der Waals surface area (Å²) >= 11 is 3.37. The van der Waals surface area contributed by atoms with E-state index in [-0.39, 0.29) is 6.10 Å². The standard InChI is InChI=1S/C13H18BrNO2/c14-11-3-1-10(2-4-11)13(17)8-15-7-9-5-12(16)6-9/h1-4,9,12-13,15-17H,5-8H2/t9?,12?,13-/m0/s1. The normalized spacial score (nSPS) is 25.4. The van der Waals surface area contributed by atoms with Crippen molar-refractivity contribution in [1.29, 1.82) is 0 Å². The van der Waals surface area contributed by atoms with Crippen LogP contribution in [0.2, 0.25) is 0 Å². The van der Waals surface area contributed by atoms with Gasteiger partial charge in [-0.3, -0.25) is 0 Å². The lowest BCUT2D eigenvalue weighted by Crippen LogP contribution is -2.37. The minimum atomic E-state index is -0.465. The van der Waals surface area contributed by atoms with Gasteiger partial charge in [0.15, 0.2) is 0 Å². The lowest BCUT2D eigenvalue weighted by atomic mass is 9.82. The monoisotopic (exact) mass is 299 g/mol. The molecule has 0 bridgehead atoms. The van der Waals surface area contributed by atoms with E-state index in [4.69, 9.17) is 5.11 Å². The maximum absolute atomic E-state index is 9.94. The Morgan fingerprint density at radius 1 is 1.29 bits per heavy atom. The fraction of sp³-hybridized carbons (Fsp3) is 0.538. The second-order valence-electron chi connectivity index (χ2n) is 4.72. The highest BCUT2D eigenvalue weighted by atomic mass is 79.9. The van der Waals surface area contributed by atoms with Crippen molar-refractivity contribution in [2.24, 2.45) is 5.92 Å². The van der Waals surface area contributed by atoms with Gasteiger partial charge >= 0.3 is 0 Å². The van der Waals surface area contributed by atoms with E-state index in [0.717, 1.165) is 29.4 Å². The SMILES string of the molecule is OC1CC(CNC[C@H](O)c2ccc(Br)cc2)C1. The van der Waals surface area contributed by atoms with Crippen LogP contribution in [-0.4, -0.2) is 29.4 Å². The van der Waals surface area contributed by atoms with Crippen molar-refractivity contribution >= 4 is 15.9 Å². The molecule has 0 spiro atoms. The van der Waals surface area contributed by atoms with Gasteiger partial charge in [-0.1, -0.05) is 28.1 Å². The molecule has 0 aromatic heterocycles. The first-order chi connectivity index (χ1) is 8.15. The first kappa shape index (κ1) is 13.0. The van der Waals surface area contributed by atoms with Crippen molar-refractivity contribution in [3.8, 4) is 0 Å². The Labute approximate surface area is 110 Å². The van der Waals surface area contributed by atoms with Crippen LogP contribution in [0.3, 0.4) is 0 Å². The maximum atomic E-state index is 9.94. The zero-order valence-corrected chi connectivity index (χ0v) is 11.2. The topological polar surface area (TPSA) is 52.5 Å². The summed E-state index contributed by atoms with van der Waals surface area (Å²) in [6, 6.07) is 7.70. The first-order valence-corrected chi connectivity index (χ1v) is 6.77. The molecule has 17 heavy (non-hydrogen) atoms. The molecule has 0 unspecified atom stereocenters. The molecule has 94 valence electrons. The molecule has 0 saturated heterocycles. The van der Waals surface area contributed by atoms with Gasteiger partial charge in [0.2, 0.25) is 0 Å². The Morgan fingerprint density at radius 2 is 1.94 bits per heavy atom. The van der Waals surface area contributed by atoms with Crippen LogP contribution in [0.4, 0.5) is 0 Å². The summed E-state index contributed by atoms with van der Waals surface area (Å²) < 4.78 is 1.02. The molecular weight excluding hydrogens is 282 g/mol. The zero-order valence-electron chi connectivity index (χ0n) is 9.64. The van der Waals surface area contributed by atoms with Gasteiger partial charge in [-0.25, -0.2) is 0 Å². The summed E-state index contributed by atoms with van der Waals surface area (Å²) in [4.78, 5) is 0. The van der Waals surface area contributed by atoms with E-state index < -0.39 is 6.10 Å². The number of aliphatic hydroxyl groups is 2. The fourth-order valence-electron chi connectivity index (χ4n) is 2.09. The molecule has 1 aliphatic carbocycles. The van der Waals surface area contributed by atoms with E-state index in [0.29, 0.717) is 12.5 Å². The number of hydrogen-bond acceptors (Lipinski definition) is 3. The lowest BCUT2D eigenvalue weighted by molar-refractivity contribution is 0.0415. The van der Waals surface area contributed by atoms with E-state index >= 15 is 0 Å². The Bertz CT molecular complexity index is 349. The molecule has 1 fully saturated rings. The van der Waals surface area contributed by atoms with E-state index in [1.165, 1.54) is 0 Å². The van der Waals surface area contributed by atoms with Gasteiger partial charge in [0.05, 0.1) is 12.2 Å². The largest absolute Gasteiger partial charge is 0.393 e. The van der Waals surface area contributed by atoms with Crippen LogP contribution in [0.5, 0.6) is 0 Å². The molecule has 0 heterocycles. The third-order valence-corrected chi connectivity index (χ3v) is 3.76. The van der Waals surface area contributed by atoms with Crippen molar-refractivity contribution in [3.05, 3.63) is 34.3 Å².